The molecule has 1 unspecified atom stereocenters. The third-order valence-electron chi connectivity index (χ3n) is 3.16. The summed E-state index contributed by atoms with van der Waals surface area (Å²) < 4.78 is 5.35. The number of carbonyl (C=O) groups excluding carboxylic acids is 1. The molecule has 1 amide bonds. The minimum absolute atomic E-state index is 0.0634. The fourth-order valence-corrected chi connectivity index (χ4v) is 2.24. The van der Waals surface area contributed by atoms with Gasteiger partial charge in [-0.25, -0.2) is 0 Å². The molecule has 2 aromatic rings. The van der Waals surface area contributed by atoms with E-state index in [9.17, 15) is 9.90 Å². The average Bonchev–Trinajstić information content (AvgIpc) is 2.94. The van der Waals surface area contributed by atoms with Crippen molar-refractivity contribution in [1.82, 2.24) is 4.90 Å². The normalized spacial score (nSPS) is 20.1. The number of furan rings is 1. The third-order valence-corrected chi connectivity index (χ3v) is 3.16. The second kappa shape index (κ2) is 3.89. The van der Waals surface area contributed by atoms with E-state index in [1.807, 2.05) is 24.3 Å². The monoisotopic (exact) mass is 231 g/mol. The summed E-state index contributed by atoms with van der Waals surface area (Å²) >= 11 is 0. The number of rotatable bonds is 1. The van der Waals surface area contributed by atoms with Crippen LogP contribution in [0.4, 0.5) is 0 Å². The summed E-state index contributed by atoms with van der Waals surface area (Å²) in [5.41, 5.74) is 1.30. The minimum Gasteiger partial charge on any atom is -0.463 e. The van der Waals surface area contributed by atoms with Crippen molar-refractivity contribution in [3.8, 4) is 0 Å². The van der Waals surface area contributed by atoms with Crippen LogP contribution >= 0.6 is 0 Å². The lowest BCUT2D eigenvalue weighted by Gasteiger charge is -2.14. The van der Waals surface area contributed by atoms with Crippen molar-refractivity contribution in [1.29, 1.82) is 0 Å². The van der Waals surface area contributed by atoms with Crippen LogP contribution in [0.3, 0.4) is 0 Å². The first-order chi connectivity index (χ1) is 8.25. The molecule has 0 radical (unpaired) electrons. The van der Waals surface area contributed by atoms with Gasteiger partial charge in [-0.3, -0.25) is 4.79 Å². The Balaban J connectivity index is 1.96. The number of β-amino-alcohol motifs (C(OH)–C–C–N with tert-alkyl or cyclic N) is 1. The molecule has 0 spiro atoms. The summed E-state index contributed by atoms with van der Waals surface area (Å²) in [6.45, 7) is 1.03. The zero-order chi connectivity index (χ0) is 11.8. The van der Waals surface area contributed by atoms with E-state index in [2.05, 4.69) is 0 Å². The Kier molecular flexibility index (Phi) is 2.37. The van der Waals surface area contributed by atoms with E-state index in [1.54, 1.807) is 4.90 Å². The van der Waals surface area contributed by atoms with Gasteiger partial charge in [0.2, 0.25) is 0 Å². The third kappa shape index (κ3) is 1.70. The van der Waals surface area contributed by atoms with Crippen molar-refractivity contribution < 1.29 is 14.3 Å². The van der Waals surface area contributed by atoms with Crippen LogP contribution in [0.15, 0.2) is 34.9 Å². The summed E-state index contributed by atoms with van der Waals surface area (Å²) in [5, 5.41) is 10.3. The van der Waals surface area contributed by atoms with E-state index < -0.39 is 6.10 Å². The zero-order valence-electron chi connectivity index (χ0n) is 9.30. The van der Waals surface area contributed by atoms with Crippen molar-refractivity contribution >= 4 is 16.9 Å². The average molecular weight is 231 g/mol. The molecule has 4 nitrogen and oxygen atoms in total. The maximum Gasteiger partial charge on any atom is 0.257 e. The van der Waals surface area contributed by atoms with Crippen molar-refractivity contribution in [3.63, 3.8) is 0 Å². The molecule has 0 aliphatic carbocycles. The number of para-hydroxylation sites is 1. The molecule has 1 aromatic heterocycles. The second-order valence-corrected chi connectivity index (χ2v) is 4.34. The van der Waals surface area contributed by atoms with Crippen LogP contribution in [0.5, 0.6) is 0 Å². The molecule has 1 N–H and O–H groups in total. The summed E-state index contributed by atoms with van der Waals surface area (Å²) in [6.07, 6.45) is 1.76. The molecule has 88 valence electrons. The van der Waals surface area contributed by atoms with Crippen LogP contribution in [0.1, 0.15) is 16.8 Å². The van der Waals surface area contributed by atoms with Gasteiger partial charge in [0, 0.05) is 18.5 Å². The van der Waals surface area contributed by atoms with Crippen molar-refractivity contribution in [2.75, 3.05) is 13.1 Å². The number of likely N-dealkylation sites (tertiary alicyclic amines) is 1. The summed E-state index contributed by atoms with van der Waals surface area (Å²) in [5.74, 6) is -0.0634. The fraction of sp³-hybridized carbons (Fsp3) is 0.308. The van der Waals surface area contributed by atoms with E-state index in [4.69, 9.17) is 4.42 Å². The summed E-state index contributed by atoms with van der Waals surface area (Å²) in [4.78, 5) is 13.9. The number of carbonyl (C=O) groups is 1. The van der Waals surface area contributed by atoms with E-state index in [0.29, 0.717) is 25.1 Å². The Morgan fingerprint density at radius 2 is 2.24 bits per heavy atom. The van der Waals surface area contributed by atoms with E-state index in [0.717, 1.165) is 11.0 Å². The number of aliphatic hydroxyl groups is 1. The lowest BCUT2D eigenvalue weighted by Crippen LogP contribution is -2.29. The van der Waals surface area contributed by atoms with Gasteiger partial charge in [0.05, 0.1) is 11.7 Å². The predicted molar refractivity (Wildman–Crippen MR) is 62.7 cm³/mol. The highest BCUT2D eigenvalue weighted by atomic mass is 16.3. The van der Waals surface area contributed by atoms with Gasteiger partial charge in [-0.1, -0.05) is 18.2 Å². The van der Waals surface area contributed by atoms with E-state index in [-0.39, 0.29) is 5.91 Å². The van der Waals surface area contributed by atoms with Crippen LogP contribution in [0.25, 0.3) is 11.0 Å². The number of hydrogen-bond acceptors (Lipinski definition) is 3. The van der Waals surface area contributed by atoms with Gasteiger partial charge in [-0.05, 0) is 12.5 Å². The van der Waals surface area contributed by atoms with Crippen molar-refractivity contribution in [3.05, 3.63) is 36.1 Å². The zero-order valence-corrected chi connectivity index (χ0v) is 9.30. The molecule has 17 heavy (non-hydrogen) atoms. The van der Waals surface area contributed by atoms with Crippen molar-refractivity contribution in [2.24, 2.45) is 0 Å². The molecular formula is C13H13NO3. The lowest BCUT2D eigenvalue weighted by atomic mass is 10.1. The van der Waals surface area contributed by atoms with Crippen LogP contribution in [-0.4, -0.2) is 35.1 Å². The molecule has 1 aliphatic rings. The van der Waals surface area contributed by atoms with Crippen molar-refractivity contribution in [2.45, 2.75) is 12.5 Å². The van der Waals surface area contributed by atoms with Gasteiger partial charge in [0.25, 0.3) is 5.91 Å². The lowest BCUT2D eigenvalue weighted by molar-refractivity contribution is 0.0766. The van der Waals surface area contributed by atoms with Gasteiger partial charge in [0.1, 0.15) is 11.8 Å². The van der Waals surface area contributed by atoms with Crippen LogP contribution in [0, 0.1) is 0 Å². The molecular weight excluding hydrogens is 218 g/mol. The molecule has 0 saturated carbocycles. The molecule has 4 heteroatoms. The number of hydrogen-bond donors (Lipinski definition) is 1. The van der Waals surface area contributed by atoms with Gasteiger partial charge in [-0.2, -0.15) is 0 Å². The first kappa shape index (κ1) is 10.4. The maximum atomic E-state index is 12.2. The topological polar surface area (TPSA) is 53.7 Å². The maximum absolute atomic E-state index is 12.2. The molecule has 1 aromatic carbocycles. The largest absolute Gasteiger partial charge is 0.463 e. The minimum atomic E-state index is -0.392. The highest BCUT2D eigenvalue weighted by Crippen LogP contribution is 2.23. The number of fused-ring (bicyclic) bond motifs is 1. The van der Waals surface area contributed by atoms with E-state index in [1.165, 1.54) is 6.26 Å². The van der Waals surface area contributed by atoms with Gasteiger partial charge in [-0.15, -0.1) is 0 Å². The number of amides is 1. The Bertz CT molecular complexity index is 561. The molecule has 1 atom stereocenters. The van der Waals surface area contributed by atoms with Gasteiger partial charge in [0.15, 0.2) is 0 Å². The number of aliphatic hydroxyl groups excluding tert-OH is 1. The molecule has 1 saturated heterocycles. The van der Waals surface area contributed by atoms with Gasteiger partial charge >= 0.3 is 0 Å². The van der Waals surface area contributed by atoms with E-state index >= 15 is 0 Å². The van der Waals surface area contributed by atoms with Crippen LogP contribution < -0.4 is 0 Å². The first-order valence-corrected chi connectivity index (χ1v) is 5.69. The smallest absolute Gasteiger partial charge is 0.257 e. The molecule has 1 fully saturated rings. The summed E-state index contributed by atoms with van der Waals surface area (Å²) in [7, 11) is 0. The Labute approximate surface area is 98.4 Å². The van der Waals surface area contributed by atoms with Gasteiger partial charge < -0.3 is 14.4 Å². The second-order valence-electron chi connectivity index (χ2n) is 4.34. The molecule has 0 bridgehead atoms. The number of nitrogens with zero attached hydrogens (tertiary/aromatic N) is 1. The predicted octanol–water partition coefficient (Wildman–Crippen LogP) is 1.64. The molecule has 2 heterocycles. The molecule has 3 rings (SSSR count). The Morgan fingerprint density at radius 3 is 3.00 bits per heavy atom. The van der Waals surface area contributed by atoms with Crippen LogP contribution in [0.2, 0.25) is 0 Å². The van der Waals surface area contributed by atoms with Crippen LogP contribution in [-0.2, 0) is 0 Å². The highest BCUT2D eigenvalue weighted by molar-refractivity contribution is 6.05. The fourth-order valence-electron chi connectivity index (χ4n) is 2.24. The molecule has 1 aliphatic heterocycles. The highest BCUT2D eigenvalue weighted by Gasteiger charge is 2.27. The Hall–Kier alpha value is -1.81. The summed E-state index contributed by atoms with van der Waals surface area (Å²) in [6, 6.07) is 7.47. The number of benzene rings is 1. The SMILES string of the molecule is O=C(c1coc2ccccc12)N1CCC(O)C1. The first-order valence-electron chi connectivity index (χ1n) is 5.69. The quantitative estimate of drug-likeness (QED) is 0.811. The standard InChI is InChI=1S/C13H13NO3/c15-9-5-6-14(7-9)13(16)11-8-17-12-4-2-1-3-10(11)12/h1-4,8-9,15H,5-7H2. The Morgan fingerprint density at radius 1 is 1.41 bits per heavy atom.